The van der Waals surface area contributed by atoms with Crippen LogP contribution < -0.4 is 5.32 Å². The van der Waals surface area contributed by atoms with Crippen LogP contribution in [0.2, 0.25) is 0 Å². The van der Waals surface area contributed by atoms with Crippen molar-refractivity contribution in [2.24, 2.45) is 0 Å². The molecule has 0 bridgehead atoms. The number of rotatable bonds is 7. The quantitative estimate of drug-likeness (QED) is 0.823. The van der Waals surface area contributed by atoms with Gasteiger partial charge >= 0.3 is 0 Å². The summed E-state index contributed by atoms with van der Waals surface area (Å²) in [4.78, 5) is 14.8. The highest BCUT2D eigenvalue weighted by atomic mass is 16.5. The van der Waals surface area contributed by atoms with Gasteiger partial charge in [-0.25, -0.2) is 0 Å². The zero-order chi connectivity index (χ0) is 18.5. The molecule has 2 atom stereocenters. The molecule has 1 aliphatic rings. The van der Waals surface area contributed by atoms with E-state index in [0.29, 0.717) is 25.4 Å². The number of likely N-dealkylation sites (N-methyl/N-ethyl adjacent to an activating group) is 1. The van der Waals surface area contributed by atoms with E-state index in [-0.39, 0.29) is 18.1 Å². The number of ether oxygens (including phenoxy) is 2. The number of benzene rings is 1. The van der Waals surface area contributed by atoms with Gasteiger partial charge in [0.1, 0.15) is 6.10 Å². The van der Waals surface area contributed by atoms with Gasteiger partial charge in [-0.3, -0.25) is 4.79 Å². The van der Waals surface area contributed by atoms with Crippen molar-refractivity contribution in [3.05, 3.63) is 36.0 Å². The zero-order valence-electron chi connectivity index (χ0n) is 15.9. The van der Waals surface area contributed by atoms with Gasteiger partial charge in [0.2, 0.25) is 0 Å². The first-order valence-electron chi connectivity index (χ1n) is 9.32. The molecular formula is C20H29N3O3. The van der Waals surface area contributed by atoms with E-state index < -0.39 is 0 Å². The molecule has 1 aromatic heterocycles. The largest absolute Gasteiger partial charge is 0.379 e. The Morgan fingerprint density at radius 1 is 1.38 bits per heavy atom. The lowest BCUT2D eigenvalue weighted by Gasteiger charge is -2.32. The Morgan fingerprint density at radius 3 is 3.00 bits per heavy atom. The molecule has 1 aliphatic heterocycles. The van der Waals surface area contributed by atoms with E-state index in [4.69, 9.17) is 9.47 Å². The Hall–Kier alpha value is -1.89. The van der Waals surface area contributed by atoms with Crippen LogP contribution in [0.25, 0.3) is 10.9 Å². The van der Waals surface area contributed by atoms with Crippen LogP contribution in [0.15, 0.2) is 30.5 Å². The van der Waals surface area contributed by atoms with E-state index in [1.165, 1.54) is 0 Å². The van der Waals surface area contributed by atoms with Crippen molar-refractivity contribution in [3.8, 4) is 0 Å². The van der Waals surface area contributed by atoms with Gasteiger partial charge in [0.25, 0.3) is 5.91 Å². The number of carbonyl (C=O) groups excluding carboxylic acids is 1. The van der Waals surface area contributed by atoms with Crippen LogP contribution in [-0.2, 0) is 16.0 Å². The second kappa shape index (κ2) is 8.66. The van der Waals surface area contributed by atoms with Crippen molar-refractivity contribution in [2.45, 2.75) is 32.0 Å². The molecule has 3 rings (SSSR count). The second-order valence-electron chi connectivity index (χ2n) is 7.03. The van der Waals surface area contributed by atoms with Gasteiger partial charge in [-0.2, -0.15) is 0 Å². The minimum atomic E-state index is -0.0995. The number of aryl methyl sites for hydroxylation is 1. The van der Waals surface area contributed by atoms with Crippen LogP contribution in [0.4, 0.5) is 0 Å². The fourth-order valence-corrected chi connectivity index (χ4v) is 3.30. The molecule has 0 radical (unpaired) electrons. The van der Waals surface area contributed by atoms with Gasteiger partial charge in [0.15, 0.2) is 0 Å². The highest BCUT2D eigenvalue weighted by molar-refractivity contribution is 5.98. The molecule has 0 aliphatic carbocycles. The number of hydrogen-bond acceptors (Lipinski definition) is 4. The standard InChI is InChI=1S/C20H29N3O3/c1-4-23-9-7-15-13-16(5-6-18(15)23)20(24)21-17-8-11-25-14-19(17)26-12-10-22(2)3/h5-7,9,13,17,19H,4,8,10-12,14H2,1-3H3,(H,21,24)/t17-,19-/m1/s1. The van der Waals surface area contributed by atoms with Crippen molar-refractivity contribution in [2.75, 3.05) is 40.5 Å². The summed E-state index contributed by atoms with van der Waals surface area (Å²) < 4.78 is 13.7. The summed E-state index contributed by atoms with van der Waals surface area (Å²) in [6.45, 7) is 5.69. The molecule has 2 aromatic rings. The summed E-state index contributed by atoms with van der Waals surface area (Å²) in [6, 6.07) is 7.90. The Labute approximate surface area is 155 Å². The number of nitrogens with one attached hydrogen (secondary N) is 1. The van der Waals surface area contributed by atoms with Crippen molar-refractivity contribution in [1.82, 2.24) is 14.8 Å². The first-order valence-corrected chi connectivity index (χ1v) is 9.32. The van der Waals surface area contributed by atoms with Crippen molar-refractivity contribution < 1.29 is 14.3 Å². The summed E-state index contributed by atoms with van der Waals surface area (Å²) in [5, 5.41) is 4.23. The minimum absolute atomic E-state index is 0.0191. The van der Waals surface area contributed by atoms with Crippen LogP contribution >= 0.6 is 0 Å². The van der Waals surface area contributed by atoms with E-state index in [0.717, 1.165) is 30.4 Å². The predicted octanol–water partition coefficient (Wildman–Crippen LogP) is 2.13. The summed E-state index contributed by atoms with van der Waals surface area (Å²) >= 11 is 0. The topological polar surface area (TPSA) is 55.7 Å². The molecule has 142 valence electrons. The van der Waals surface area contributed by atoms with Gasteiger partial charge in [0, 0.05) is 42.4 Å². The second-order valence-corrected chi connectivity index (χ2v) is 7.03. The van der Waals surface area contributed by atoms with Gasteiger partial charge in [0.05, 0.1) is 19.3 Å². The molecule has 1 N–H and O–H groups in total. The molecule has 1 fully saturated rings. The average molecular weight is 359 g/mol. The lowest BCUT2D eigenvalue weighted by molar-refractivity contribution is -0.0690. The van der Waals surface area contributed by atoms with Gasteiger partial charge in [-0.05, 0) is 51.7 Å². The number of amides is 1. The fraction of sp³-hybridized carbons (Fsp3) is 0.550. The van der Waals surface area contributed by atoms with Crippen molar-refractivity contribution >= 4 is 16.8 Å². The molecule has 1 saturated heterocycles. The van der Waals surface area contributed by atoms with Gasteiger partial charge < -0.3 is 24.3 Å². The molecule has 26 heavy (non-hydrogen) atoms. The maximum Gasteiger partial charge on any atom is 0.251 e. The number of aromatic nitrogens is 1. The van der Waals surface area contributed by atoms with Crippen LogP contribution in [0.5, 0.6) is 0 Å². The SMILES string of the molecule is CCn1ccc2cc(C(=O)N[C@@H]3CCOC[C@H]3OCCN(C)C)ccc21. The van der Waals surface area contributed by atoms with Crippen molar-refractivity contribution in [1.29, 1.82) is 0 Å². The Balaban J connectivity index is 1.65. The van der Waals surface area contributed by atoms with Crippen LogP contribution in [0.1, 0.15) is 23.7 Å². The average Bonchev–Trinajstić information content (AvgIpc) is 3.05. The normalized spacial score (nSPS) is 20.6. The van der Waals surface area contributed by atoms with Crippen molar-refractivity contribution in [3.63, 3.8) is 0 Å². The molecule has 2 heterocycles. The Morgan fingerprint density at radius 2 is 2.23 bits per heavy atom. The number of nitrogens with zero attached hydrogens (tertiary/aromatic N) is 2. The zero-order valence-corrected chi connectivity index (χ0v) is 15.9. The summed E-state index contributed by atoms with van der Waals surface area (Å²) in [7, 11) is 4.03. The van der Waals surface area contributed by atoms with Crippen LogP contribution in [0.3, 0.4) is 0 Å². The first-order chi connectivity index (χ1) is 12.6. The summed E-state index contributed by atoms with van der Waals surface area (Å²) in [6.07, 6.45) is 2.73. The molecule has 6 heteroatoms. The molecule has 0 saturated carbocycles. The van der Waals surface area contributed by atoms with E-state index in [2.05, 4.69) is 34.0 Å². The lowest BCUT2D eigenvalue weighted by Crippen LogP contribution is -2.50. The lowest BCUT2D eigenvalue weighted by atomic mass is 10.0. The number of carbonyl (C=O) groups is 1. The number of fused-ring (bicyclic) bond motifs is 1. The fourth-order valence-electron chi connectivity index (χ4n) is 3.30. The molecule has 0 unspecified atom stereocenters. The molecule has 1 aromatic carbocycles. The number of hydrogen-bond donors (Lipinski definition) is 1. The maximum absolute atomic E-state index is 12.7. The Kier molecular flexibility index (Phi) is 6.29. The van der Waals surface area contributed by atoms with Crippen LogP contribution in [0, 0.1) is 0 Å². The molecule has 0 spiro atoms. The van der Waals surface area contributed by atoms with Gasteiger partial charge in [-0.15, -0.1) is 0 Å². The minimum Gasteiger partial charge on any atom is -0.379 e. The third-order valence-corrected chi connectivity index (χ3v) is 4.86. The highest BCUT2D eigenvalue weighted by Gasteiger charge is 2.28. The monoisotopic (exact) mass is 359 g/mol. The van der Waals surface area contributed by atoms with Gasteiger partial charge in [-0.1, -0.05) is 0 Å². The highest BCUT2D eigenvalue weighted by Crippen LogP contribution is 2.19. The smallest absolute Gasteiger partial charge is 0.251 e. The summed E-state index contributed by atoms with van der Waals surface area (Å²) in [5.41, 5.74) is 1.84. The Bertz CT molecular complexity index is 741. The maximum atomic E-state index is 12.7. The predicted molar refractivity (Wildman–Crippen MR) is 103 cm³/mol. The first kappa shape index (κ1) is 18.9. The third-order valence-electron chi connectivity index (χ3n) is 4.86. The van der Waals surface area contributed by atoms with E-state index in [1.54, 1.807) is 0 Å². The van der Waals surface area contributed by atoms with E-state index >= 15 is 0 Å². The molecule has 6 nitrogen and oxygen atoms in total. The summed E-state index contributed by atoms with van der Waals surface area (Å²) in [5.74, 6) is -0.0516. The van der Waals surface area contributed by atoms with E-state index in [1.807, 2.05) is 32.3 Å². The van der Waals surface area contributed by atoms with Crippen LogP contribution in [-0.4, -0.2) is 68.0 Å². The van der Waals surface area contributed by atoms with E-state index in [9.17, 15) is 4.79 Å². The third kappa shape index (κ3) is 4.44. The molecule has 1 amide bonds. The molecular weight excluding hydrogens is 330 g/mol.